The number of benzene rings is 2. The average Bonchev–Trinajstić information content (AvgIpc) is 2.90. The Morgan fingerprint density at radius 3 is 2.71 bits per heavy atom. The summed E-state index contributed by atoms with van der Waals surface area (Å²) in [6.07, 6.45) is 0. The third kappa shape index (κ3) is 2.79. The maximum Gasteiger partial charge on any atom is 0.127 e. The fourth-order valence-corrected chi connectivity index (χ4v) is 3.08. The van der Waals surface area contributed by atoms with Gasteiger partial charge in [0.25, 0.3) is 0 Å². The first-order valence-electron chi connectivity index (χ1n) is 7.44. The van der Waals surface area contributed by atoms with E-state index in [-0.39, 0.29) is 11.9 Å². The molecule has 2 atom stereocenters. The summed E-state index contributed by atoms with van der Waals surface area (Å²) < 4.78 is 13.9. The van der Waals surface area contributed by atoms with Crippen LogP contribution in [0.25, 0.3) is 0 Å². The molecule has 0 saturated carbocycles. The highest BCUT2D eigenvalue weighted by molar-refractivity contribution is 5.57. The average molecular weight is 284 g/mol. The van der Waals surface area contributed by atoms with Crippen molar-refractivity contribution in [2.24, 2.45) is 0 Å². The van der Waals surface area contributed by atoms with Crippen molar-refractivity contribution in [3.8, 4) is 0 Å². The standard InChI is InChI=1S/C18H21FN2/c1-13(15-7-3-5-9-17(15)19)21(2)12-14-11-20-18-10-6-4-8-16(14)18/h3-10,13-14,20H,11-12H2,1-2H3. The quantitative estimate of drug-likeness (QED) is 0.912. The number of hydrogen-bond donors (Lipinski definition) is 1. The van der Waals surface area contributed by atoms with Gasteiger partial charge in [-0.25, -0.2) is 4.39 Å². The van der Waals surface area contributed by atoms with Crippen molar-refractivity contribution in [3.05, 3.63) is 65.5 Å². The molecule has 0 radical (unpaired) electrons. The Balaban J connectivity index is 1.73. The van der Waals surface area contributed by atoms with E-state index in [1.165, 1.54) is 17.3 Å². The third-order valence-electron chi connectivity index (χ3n) is 4.46. The van der Waals surface area contributed by atoms with Crippen LogP contribution in [-0.2, 0) is 0 Å². The van der Waals surface area contributed by atoms with E-state index in [1.807, 2.05) is 12.1 Å². The van der Waals surface area contributed by atoms with E-state index in [4.69, 9.17) is 0 Å². The topological polar surface area (TPSA) is 15.3 Å². The molecule has 0 bridgehead atoms. The fraction of sp³-hybridized carbons (Fsp3) is 0.333. The number of nitrogens with zero attached hydrogens (tertiary/aromatic N) is 1. The van der Waals surface area contributed by atoms with Gasteiger partial charge in [-0.2, -0.15) is 0 Å². The molecule has 0 saturated heterocycles. The Kier molecular flexibility index (Phi) is 3.93. The van der Waals surface area contributed by atoms with Gasteiger partial charge in [0.1, 0.15) is 5.82 Å². The van der Waals surface area contributed by atoms with Gasteiger partial charge in [0.05, 0.1) is 0 Å². The molecule has 1 aliphatic heterocycles. The van der Waals surface area contributed by atoms with Crippen LogP contribution in [0.1, 0.15) is 30.0 Å². The lowest BCUT2D eigenvalue weighted by Gasteiger charge is -2.28. The zero-order chi connectivity index (χ0) is 14.8. The molecule has 2 nitrogen and oxygen atoms in total. The van der Waals surface area contributed by atoms with Crippen LogP contribution < -0.4 is 5.32 Å². The molecular weight excluding hydrogens is 263 g/mol. The molecule has 2 aromatic rings. The summed E-state index contributed by atoms with van der Waals surface area (Å²) in [6, 6.07) is 15.6. The molecule has 2 aromatic carbocycles. The molecule has 1 N–H and O–H groups in total. The van der Waals surface area contributed by atoms with Crippen molar-refractivity contribution in [2.75, 3.05) is 25.5 Å². The molecule has 3 rings (SSSR count). The maximum absolute atomic E-state index is 13.9. The second kappa shape index (κ2) is 5.86. The van der Waals surface area contributed by atoms with Crippen molar-refractivity contribution in [3.63, 3.8) is 0 Å². The van der Waals surface area contributed by atoms with E-state index in [1.54, 1.807) is 6.07 Å². The first kappa shape index (κ1) is 14.1. The molecule has 0 spiro atoms. The Labute approximate surface area is 125 Å². The lowest BCUT2D eigenvalue weighted by Crippen LogP contribution is -2.28. The zero-order valence-corrected chi connectivity index (χ0v) is 12.5. The van der Waals surface area contributed by atoms with E-state index >= 15 is 0 Å². The number of fused-ring (bicyclic) bond motifs is 1. The highest BCUT2D eigenvalue weighted by atomic mass is 19.1. The molecule has 0 aliphatic carbocycles. The van der Waals surface area contributed by atoms with Gasteiger partial charge < -0.3 is 5.32 Å². The fourth-order valence-electron chi connectivity index (χ4n) is 3.08. The molecule has 0 amide bonds. The van der Waals surface area contributed by atoms with Crippen LogP contribution in [0.5, 0.6) is 0 Å². The molecule has 21 heavy (non-hydrogen) atoms. The number of hydrogen-bond acceptors (Lipinski definition) is 2. The Bertz CT molecular complexity index is 626. The van der Waals surface area contributed by atoms with Gasteiger partial charge in [-0.1, -0.05) is 36.4 Å². The van der Waals surface area contributed by atoms with Crippen molar-refractivity contribution in [2.45, 2.75) is 18.9 Å². The van der Waals surface area contributed by atoms with Gasteiger partial charge in [0.2, 0.25) is 0 Å². The van der Waals surface area contributed by atoms with Gasteiger partial charge in [-0.3, -0.25) is 4.90 Å². The van der Waals surface area contributed by atoms with E-state index in [2.05, 4.69) is 48.5 Å². The summed E-state index contributed by atoms with van der Waals surface area (Å²) in [5.41, 5.74) is 3.36. The first-order valence-corrected chi connectivity index (χ1v) is 7.44. The minimum absolute atomic E-state index is 0.0685. The smallest absolute Gasteiger partial charge is 0.127 e. The molecule has 1 aliphatic rings. The predicted octanol–water partition coefficient (Wildman–Crippen LogP) is 4.03. The lowest BCUT2D eigenvalue weighted by atomic mass is 9.99. The van der Waals surface area contributed by atoms with Crippen molar-refractivity contribution >= 4 is 5.69 Å². The minimum atomic E-state index is -0.123. The maximum atomic E-state index is 13.9. The number of halogens is 1. The number of rotatable bonds is 4. The van der Waals surface area contributed by atoms with Crippen LogP contribution >= 0.6 is 0 Å². The highest BCUT2D eigenvalue weighted by Crippen LogP contribution is 2.33. The van der Waals surface area contributed by atoms with Crippen LogP contribution in [0.2, 0.25) is 0 Å². The van der Waals surface area contributed by atoms with Gasteiger partial charge in [-0.05, 0) is 31.7 Å². The van der Waals surface area contributed by atoms with E-state index in [0.717, 1.165) is 18.7 Å². The summed E-state index contributed by atoms with van der Waals surface area (Å²) in [5.74, 6) is 0.335. The van der Waals surface area contributed by atoms with Crippen molar-refractivity contribution in [1.82, 2.24) is 4.90 Å². The Morgan fingerprint density at radius 2 is 1.90 bits per heavy atom. The summed E-state index contributed by atoms with van der Waals surface area (Å²) in [6.45, 7) is 3.93. The largest absolute Gasteiger partial charge is 0.384 e. The van der Waals surface area contributed by atoms with Crippen LogP contribution in [0, 0.1) is 5.82 Å². The van der Waals surface area contributed by atoms with Gasteiger partial charge in [0, 0.05) is 36.3 Å². The summed E-state index contributed by atoms with van der Waals surface area (Å²) in [4.78, 5) is 2.23. The van der Waals surface area contributed by atoms with Gasteiger partial charge in [0.15, 0.2) is 0 Å². The molecule has 110 valence electrons. The first-order chi connectivity index (χ1) is 10.2. The van der Waals surface area contributed by atoms with Gasteiger partial charge >= 0.3 is 0 Å². The number of likely N-dealkylation sites (N-methyl/N-ethyl adjacent to an activating group) is 1. The van der Waals surface area contributed by atoms with Crippen LogP contribution in [0.15, 0.2) is 48.5 Å². The normalized spacial score (nSPS) is 18.4. The second-order valence-corrected chi connectivity index (χ2v) is 5.80. The van der Waals surface area contributed by atoms with E-state index in [0.29, 0.717) is 5.92 Å². The predicted molar refractivity (Wildman–Crippen MR) is 85.1 cm³/mol. The second-order valence-electron chi connectivity index (χ2n) is 5.80. The van der Waals surface area contributed by atoms with Crippen LogP contribution in [0.3, 0.4) is 0 Å². The number of anilines is 1. The molecule has 2 unspecified atom stereocenters. The molecule has 3 heteroatoms. The number of para-hydroxylation sites is 1. The summed E-state index contributed by atoms with van der Waals surface area (Å²) in [5, 5.41) is 3.44. The monoisotopic (exact) mass is 284 g/mol. The van der Waals surface area contributed by atoms with Crippen LogP contribution in [-0.4, -0.2) is 25.0 Å². The summed E-state index contributed by atoms with van der Waals surface area (Å²) in [7, 11) is 2.07. The van der Waals surface area contributed by atoms with Crippen molar-refractivity contribution < 1.29 is 4.39 Å². The van der Waals surface area contributed by atoms with E-state index in [9.17, 15) is 4.39 Å². The van der Waals surface area contributed by atoms with Crippen molar-refractivity contribution in [1.29, 1.82) is 0 Å². The third-order valence-corrected chi connectivity index (χ3v) is 4.46. The molecule has 0 fully saturated rings. The summed E-state index contributed by atoms with van der Waals surface area (Å²) >= 11 is 0. The highest BCUT2D eigenvalue weighted by Gasteiger charge is 2.25. The van der Waals surface area contributed by atoms with E-state index < -0.39 is 0 Å². The zero-order valence-electron chi connectivity index (χ0n) is 12.5. The Hall–Kier alpha value is -1.87. The minimum Gasteiger partial charge on any atom is -0.384 e. The van der Waals surface area contributed by atoms with Gasteiger partial charge in [-0.15, -0.1) is 0 Å². The molecule has 0 aromatic heterocycles. The SMILES string of the molecule is CC(c1ccccc1F)N(C)CC1CNc2ccccc21. The Morgan fingerprint density at radius 1 is 1.19 bits per heavy atom. The number of nitrogens with one attached hydrogen (secondary N) is 1. The van der Waals surface area contributed by atoms with Crippen LogP contribution in [0.4, 0.5) is 10.1 Å². The molecular formula is C18H21FN2. The molecule has 1 heterocycles. The lowest BCUT2D eigenvalue weighted by molar-refractivity contribution is 0.244.